The molecule has 0 spiro atoms. The number of hydrogen-bond donors (Lipinski definition) is 1. The highest BCUT2D eigenvalue weighted by Gasteiger charge is 2.20. The Morgan fingerprint density at radius 2 is 2.23 bits per heavy atom. The zero-order valence-electron chi connectivity index (χ0n) is 12.5. The van der Waals surface area contributed by atoms with Crippen LogP contribution in [0.25, 0.3) is 0 Å². The van der Waals surface area contributed by atoms with Crippen molar-refractivity contribution in [3.8, 4) is 5.75 Å². The fourth-order valence-corrected chi connectivity index (χ4v) is 2.07. The molecule has 0 aliphatic rings. The van der Waals surface area contributed by atoms with Crippen molar-refractivity contribution in [2.75, 3.05) is 12.4 Å². The Hall–Kier alpha value is -2.90. The summed E-state index contributed by atoms with van der Waals surface area (Å²) in [4.78, 5) is 22.8. The van der Waals surface area contributed by atoms with Crippen LogP contribution in [0.2, 0.25) is 0 Å². The smallest absolute Gasteiger partial charge is 0.296 e. The van der Waals surface area contributed by atoms with Gasteiger partial charge >= 0.3 is 0 Å². The lowest BCUT2D eigenvalue weighted by molar-refractivity contribution is -0.384. The van der Waals surface area contributed by atoms with E-state index in [2.05, 4.69) is 10.4 Å². The summed E-state index contributed by atoms with van der Waals surface area (Å²) in [6, 6.07) is 4.25. The summed E-state index contributed by atoms with van der Waals surface area (Å²) in [5.41, 5.74) is 0.968. The number of aryl methyl sites for hydroxylation is 1. The Labute approximate surface area is 126 Å². The van der Waals surface area contributed by atoms with Gasteiger partial charge in [-0.05, 0) is 26.0 Å². The van der Waals surface area contributed by atoms with E-state index in [-0.39, 0.29) is 11.4 Å². The van der Waals surface area contributed by atoms with E-state index in [1.165, 1.54) is 25.4 Å². The molecule has 0 radical (unpaired) electrons. The van der Waals surface area contributed by atoms with Crippen LogP contribution in [-0.2, 0) is 6.54 Å². The highest BCUT2D eigenvalue weighted by Crippen LogP contribution is 2.29. The van der Waals surface area contributed by atoms with Crippen molar-refractivity contribution >= 4 is 17.3 Å². The summed E-state index contributed by atoms with van der Waals surface area (Å²) < 4.78 is 6.63. The van der Waals surface area contributed by atoms with Gasteiger partial charge in [-0.3, -0.25) is 19.6 Å². The Morgan fingerprint density at radius 3 is 2.77 bits per heavy atom. The van der Waals surface area contributed by atoms with Crippen molar-refractivity contribution in [3.05, 3.63) is 45.8 Å². The lowest BCUT2D eigenvalue weighted by atomic mass is 10.2. The van der Waals surface area contributed by atoms with Gasteiger partial charge < -0.3 is 10.1 Å². The quantitative estimate of drug-likeness (QED) is 0.675. The number of benzene rings is 1. The Balaban J connectivity index is 2.31. The van der Waals surface area contributed by atoms with Gasteiger partial charge in [0, 0.05) is 12.2 Å². The maximum Gasteiger partial charge on any atom is 0.296 e. The van der Waals surface area contributed by atoms with Crippen LogP contribution in [0.1, 0.15) is 23.0 Å². The molecule has 0 aliphatic carbocycles. The number of nitro benzene ring substituents is 1. The van der Waals surface area contributed by atoms with Crippen LogP contribution in [0.3, 0.4) is 0 Å². The number of nitrogens with one attached hydrogen (secondary N) is 1. The van der Waals surface area contributed by atoms with Gasteiger partial charge in [0.15, 0.2) is 0 Å². The minimum atomic E-state index is -0.569. The van der Waals surface area contributed by atoms with E-state index in [0.717, 1.165) is 0 Å². The molecule has 8 heteroatoms. The molecular formula is C14H16N4O4. The molecule has 1 aromatic carbocycles. The van der Waals surface area contributed by atoms with Crippen LogP contribution in [-0.4, -0.2) is 27.7 Å². The maximum atomic E-state index is 12.3. The summed E-state index contributed by atoms with van der Waals surface area (Å²) >= 11 is 0. The van der Waals surface area contributed by atoms with Crippen LogP contribution >= 0.6 is 0 Å². The fourth-order valence-electron chi connectivity index (χ4n) is 2.07. The molecule has 8 nitrogen and oxygen atoms in total. The molecule has 1 aromatic heterocycles. The topological polar surface area (TPSA) is 99.3 Å². The zero-order valence-corrected chi connectivity index (χ0v) is 12.5. The first-order chi connectivity index (χ1) is 10.5. The van der Waals surface area contributed by atoms with E-state index < -0.39 is 10.8 Å². The van der Waals surface area contributed by atoms with Gasteiger partial charge in [-0.2, -0.15) is 5.10 Å². The fraction of sp³-hybridized carbons (Fsp3) is 0.286. The van der Waals surface area contributed by atoms with Crippen molar-refractivity contribution in [1.82, 2.24) is 9.78 Å². The zero-order chi connectivity index (χ0) is 16.3. The number of hydrogen-bond acceptors (Lipinski definition) is 5. The highest BCUT2D eigenvalue weighted by atomic mass is 16.6. The largest absolute Gasteiger partial charge is 0.496 e. The SMILES string of the molecule is CCn1ncc(C(=O)Nc2ccc(OC)cc2[N+](=O)[O-])c1C. The Kier molecular flexibility index (Phi) is 4.40. The second-order valence-electron chi connectivity index (χ2n) is 4.55. The van der Waals surface area contributed by atoms with Crippen LogP contribution < -0.4 is 10.1 Å². The molecule has 22 heavy (non-hydrogen) atoms. The predicted octanol–water partition coefficient (Wildman–Crippen LogP) is 2.38. The number of nitro groups is 1. The number of nitrogens with zero attached hydrogens (tertiary/aromatic N) is 3. The third-order valence-electron chi connectivity index (χ3n) is 3.30. The monoisotopic (exact) mass is 304 g/mol. The maximum absolute atomic E-state index is 12.3. The summed E-state index contributed by atoms with van der Waals surface area (Å²) in [5, 5.41) is 17.7. The number of methoxy groups -OCH3 is 1. The first kappa shape index (κ1) is 15.5. The molecule has 0 atom stereocenters. The molecule has 0 bridgehead atoms. The van der Waals surface area contributed by atoms with Gasteiger partial charge in [-0.25, -0.2) is 0 Å². The molecule has 1 N–H and O–H groups in total. The number of amides is 1. The lowest BCUT2D eigenvalue weighted by Crippen LogP contribution is -2.14. The van der Waals surface area contributed by atoms with Gasteiger partial charge in [0.1, 0.15) is 11.4 Å². The number of anilines is 1. The van der Waals surface area contributed by atoms with E-state index in [0.29, 0.717) is 23.6 Å². The number of rotatable bonds is 5. The molecular weight excluding hydrogens is 288 g/mol. The number of carbonyl (C=O) groups is 1. The molecule has 0 saturated heterocycles. The van der Waals surface area contributed by atoms with Crippen molar-refractivity contribution in [2.45, 2.75) is 20.4 Å². The van der Waals surface area contributed by atoms with Gasteiger partial charge in [-0.15, -0.1) is 0 Å². The van der Waals surface area contributed by atoms with E-state index in [1.54, 1.807) is 17.7 Å². The van der Waals surface area contributed by atoms with Crippen LogP contribution in [0, 0.1) is 17.0 Å². The highest BCUT2D eigenvalue weighted by molar-refractivity contribution is 6.06. The second-order valence-corrected chi connectivity index (χ2v) is 4.55. The van der Waals surface area contributed by atoms with Crippen LogP contribution in [0.4, 0.5) is 11.4 Å². The lowest BCUT2D eigenvalue weighted by Gasteiger charge is -2.07. The van der Waals surface area contributed by atoms with E-state index in [1.807, 2.05) is 6.92 Å². The third-order valence-corrected chi connectivity index (χ3v) is 3.30. The van der Waals surface area contributed by atoms with Crippen LogP contribution in [0.15, 0.2) is 24.4 Å². The summed E-state index contributed by atoms with van der Waals surface area (Å²) in [6.07, 6.45) is 1.45. The molecule has 0 aliphatic heterocycles. The average molecular weight is 304 g/mol. The normalized spacial score (nSPS) is 10.3. The first-order valence-corrected chi connectivity index (χ1v) is 6.64. The molecule has 0 unspecified atom stereocenters. The van der Waals surface area contributed by atoms with E-state index >= 15 is 0 Å². The minimum absolute atomic E-state index is 0.111. The van der Waals surface area contributed by atoms with Gasteiger partial charge in [0.25, 0.3) is 11.6 Å². The van der Waals surface area contributed by atoms with Gasteiger partial charge in [0.05, 0.1) is 29.9 Å². The minimum Gasteiger partial charge on any atom is -0.496 e. The average Bonchev–Trinajstić information content (AvgIpc) is 2.88. The molecule has 2 rings (SSSR count). The molecule has 2 aromatic rings. The predicted molar refractivity (Wildman–Crippen MR) is 80.2 cm³/mol. The number of carbonyl (C=O) groups excluding carboxylic acids is 1. The molecule has 116 valence electrons. The number of ether oxygens (including phenoxy) is 1. The van der Waals surface area contributed by atoms with Crippen molar-refractivity contribution in [3.63, 3.8) is 0 Å². The van der Waals surface area contributed by atoms with Crippen molar-refractivity contribution in [2.24, 2.45) is 0 Å². The molecule has 1 amide bonds. The van der Waals surface area contributed by atoms with Crippen LogP contribution in [0.5, 0.6) is 5.75 Å². The summed E-state index contributed by atoms with van der Waals surface area (Å²) in [5.74, 6) is -0.0925. The number of aromatic nitrogens is 2. The molecule has 0 saturated carbocycles. The standard InChI is InChI=1S/C14H16N4O4/c1-4-17-9(2)11(8-15-17)14(19)16-12-6-5-10(22-3)7-13(12)18(20)21/h5-8H,4H2,1-3H3,(H,16,19). The second kappa shape index (κ2) is 6.25. The molecule has 0 fully saturated rings. The van der Waals surface area contributed by atoms with Gasteiger partial charge in [0.2, 0.25) is 0 Å². The summed E-state index contributed by atoms with van der Waals surface area (Å²) in [6.45, 7) is 4.33. The van der Waals surface area contributed by atoms with Crippen molar-refractivity contribution < 1.29 is 14.5 Å². The Morgan fingerprint density at radius 1 is 1.50 bits per heavy atom. The van der Waals surface area contributed by atoms with E-state index in [4.69, 9.17) is 4.74 Å². The first-order valence-electron chi connectivity index (χ1n) is 6.64. The summed E-state index contributed by atoms with van der Waals surface area (Å²) in [7, 11) is 1.42. The Bertz CT molecular complexity index is 724. The van der Waals surface area contributed by atoms with Gasteiger partial charge in [-0.1, -0.05) is 0 Å². The third kappa shape index (κ3) is 2.90. The van der Waals surface area contributed by atoms with Crippen molar-refractivity contribution in [1.29, 1.82) is 0 Å². The molecule has 1 heterocycles. The van der Waals surface area contributed by atoms with E-state index in [9.17, 15) is 14.9 Å².